The Morgan fingerprint density at radius 1 is 1.50 bits per heavy atom. The standard InChI is InChI=1S/C12H25N3O/c1-5-15(11-6-7-13-8-11)10(4)12(16)14-9(2)3/h9-11,13H,5-8H2,1-4H3,(H,14,16). The van der Waals surface area contributed by atoms with Gasteiger partial charge in [0, 0.05) is 18.6 Å². The van der Waals surface area contributed by atoms with Gasteiger partial charge in [-0.1, -0.05) is 6.92 Å². The van der Waals surface area contributed by atoms with Gasteiger partial charge in [0.2, 0.25) is 5.91 Å². The smallest absolute Gasteiger partial charge is 0.237 e. The number of hydrogen-bond acceptors (Lipinski definition) is 3. The number of rotatable bonds is 5. The van der Waals surface area contributed by atoms with Crippen LogP contribution in [0.25, 0.3) is 0 Å². The number of nitrogens with zero attached hydrogens (tertiary/aromatic N) is 1. The Kier molecular flexibility index (Phi) is 5.22. The molecule has 1 fully saturated rings. The predicted molar refractivity (Wildman–Crippen MR) is 66.4 cm³/mol. The van der Waals surface area contributed by atoms with Gasteiger partial charge in [-0.3, -0.25) is 9.69 Å². The van der Waals surface area contributed by atoms with E-state index in [1.54, 1.807) is 0 Å². The molecule has 16 heavy (non-hydrogen) atoms. The minimum atomic E-state index is -0.0303. The molecule has 4 heteroatoms. The van der Waals surface area contributed by atoms with E-state index in [0.717, 1.165) is 26.1 Å². The minimum Gasteiger partial charge on any atom is -0.353 e. The highest BCUT2D eigenvalue weighted by Gasteiger charge is 2.28. The van der Waals surface area contributed by atoms with Crippen molar-refractivity contribution in [1.29, 1.82) is 0 Å². The fourth-order valence-corrected chi connectivity index (χ4v) is 2.33. The van der Waals surface area contributed by atoms with E-state index in [1.165, 1.54) is 0 Å². The first kappa shape index (κ1) is 13.5. The van der Waals surface area contributed by atoms with Crippen molar-refractivity contribution < 1.29 is 4.79 Å². The van der Waals surface area contributed by atoms with E-state index in [9.17, 15) is 4.79 Å². The van der Waals surface area contributed by atoms with Crippen LogP contribution in [0.2, 0.25) is 0 Å². The van der Waals surface area contributed by atoms with E-state index in [-0.39, 0.29) is 18.0 Å². The summed E-state index contributed by atoms with van der Waals surface area (Å²) in [7, 11) is 0. The molecule has 1 saturated heterocycles. The predicted octanol–water partition coefficient (Wildman–Crippen LogP) is 0.583. The zero-order valence-electron chi connectivity index (χ0n) is 10.9. The molecular weight excluding hydrogens is 202 g/mol. The second-order valence-electron chi connectivity index (χ2n) is 4.82. The van der Waals surface area contributed by atoms with E-state index in [0.29, 0.717) is 6.04 Å². The summed E-state index contributed by atoms with van der Waals surface area (Å²) in [5.41, 5.74) is 0. The Morgan fingerprint density at radius 2 is 2.19 bits per heavy atom. The van der Waals surface area contributed by atoms with Crippen molar-refractivity contribution >= 4 is 5.91 Å². The summed E-state index contributed by atoms with van der Waals surface area (Å²) in [5.74, 6) is 0.142. The molecule has 0 aromatic heterocycles. The summed E-state index contributed by atoms with van der Waals surface area (Å²) in [6.45, 7) is 11.1. The van der Waals surface area contributed by atoms with Crippen LogP contribution in [0.1, 0.15) is 34.1 Å². The average Bonchev–Trinajstić information content (AvgIpc) is 2.71. The Morgan fingerprint density at radius 3 is 2.62 bits per heavy atom. The van der Waals surface area contributed by atoms with Crippen molar-refractivity contribution in [2.75, 3.05) is 19.6 Å². The maximum absolute atomic E-state index is 11.9. The Labute approximate surface area is 98.8 Å². The normalized spacial score (nSPS) is 22.8. The third kappa shape index (κ3) is 3.46. The van der Waals surface area contributed by atoms with E-state index >= 15 is 0 Å². The lowest BCUT2D eigenvalue weighted by Gasteiger charge is -2.32. The summed E-state index contributed by atoms with van der Waals surface area (Å²) >= 11 is 0. The lowest BCUT2D eigenvalue weighted by atomic mass is 10.1. The highest BCUT2D eigenvalue weighted by atomic mass is 16.2. The first-order chi connectivity index (χ1) is 7.56. The van der Waals surface area contributed by atoms with Crippen LogP contribution in [-0.2, 0) is 4.79 Å². The minimum absolute atomic E-state index is 0.0303. The number of amides is 1. The number of carbonyl (C=O) groups excluding carboxylic acids is 1. The van der Waals surface area contributed by atoms with Crippen LogP contribution in [0.5, 0.6) is 0 Å². The Balaban J connectivity index is 2.53. The van der Waals surface area contributed by atoms with E-state index < -0.39 is 0 Å². The Bertz CT molecular complexity index is 224. The lowest BCUT2D eigenvalue weighted by molar-refractivity contribution is -0.127. The first-order valence-corrected chi connectivity index (χ1v) is 6.33. The molecule has 0 aromatic rings. The topological polar surface area (TPSA) is 44.4 Å². The fourth-order valence-electron chi connectivity index (χ4n) is 2.33. The fraction of sp³-hybridized carbons (Fsp3) is 0.917. The maximum Gasteiger partial charge on any atom is 0.237 e. The first-order valence-electron chi connectivity index (χ1n) is 6.33. The van der Waals surface area contributed by atoms with Crippen LogP contribution in [0.15, 0.2) is 0 Å². The molecule has 1 aliphatic heterocycles. The van der Waals surface area contributed by atoms with E-state index in [2.05, 4.69) is 22.5 Å². The van der Waals surface area contributed by atoms with Gasteiger partial charge in [-0.25, -0.2) is 0 Å². The molecule has 0 radical (unpaired) electrons. The lowest BCUT2D eigenvalue weighted by Crippen LogP contribution is -2.51. The molecule has 0 bridgehead atoms. The zero-order valence-corrected chi connectivity index (χ0v) is 10.9. The quantitative estimate of drug-likeness (QED) is 0.722. The summed E-state index contributed by atoms with van der Waals surface area (Å²) < 4.78 is 0. The van der Waals surface area contributed by atoms with Gasteiger partial charge < -0.3 is 10.6 Å². The van der Waals surface area contributed by atoms with Crippen LogP contribution >= 0.6 is 0 Å². The van der Waals surface area contributed by atoms with Crippen LogP contribution in [0.3, 0.4) is 0 Å². The Hall–Kier alpha value is -0.610. The molecule has 1 amide bonds. The van der Waals surface area contributed by atoms with Crippen molar-refractivity contribution in [3.63, 3.8) is 0 Å². The van der Waals surface area contributed by atoms with Crippen LogP contribution in [0.4, 0.5) is 0 Å². The number of carbonyl (C=O) groups is 1. The average molecular weight is 227 g/mol. The maximum atomic E-state index is 11.9. The van der Waals surface area contributed by atoms with E-state index in [4.69, 9.17) is 0 Å². The molecule has 94 valence electrons. The van der Waals surface area contributed by atoms with Crippen molar-refractivity contribution in [1.82, 2.24) is 15.5 Å². The third-order valence-corrected chi connectivity index (χ3v) is 3.18. The highest BCUT2D eigenvalue weighted by Crippen LogP contribution is 2.12. The zero-order chi connectivity index (χ0) is 12.1. The van der Waals surface area contributed by atoms with Gasteiger partial charge >= 0.3 is 0 Å². The molecule has 2 N–H and O–H groups in total. The van der Waals surface area contributed by atoms with Crippen molar-refractivity contribution in [2.24, 2.45) is 0 Å². The summed E-state index contributed by atoms with van der Waals surface area (Å²) in [6, 6.07) is 0.700. The number of likely N-dealkylation sites (N-methyl/N-ethyl adjacent to an activating group) is 1. The molecule has 1 aliphatic rings. The van der Waals surface area contributed by atoms with Crippen LogP contribution in [0, 0.1) is 0 Å². The largest absolute Gasteiger partial charge is 0.353 e. The summed E-state index contributed by atoms with van der Waals surface area (Å²) in [6.07, 6.45) is 1.15. The van der Waals surface area contributed by atoms with Gasteiger partial charge in [-0.2, -0.15) is 0 Å². The molecular formula is C12H25N3O. The molecule has 4 nitrogen and oxygen atoms in total. The van der Waals surface area contributed by atoms with Crippen LogP contribution in [-0.4, -0.2) is 48.6 Å². The molecule has 0 saturated carbocycles. The monoisotopic (exact) mass is 227 g/mol. The molecule has 1 heterocycles. The van der Waals surface area contributed by atoms with E-state index in [1.807, 2.05) is 20.8 Å². The summed E-state index contributed by atoms with van der Waals surface area (Å²) in [4.78, 5) is 14.2. The molecule has 2 atom stereocenters. The van der Waals surface area contributed by atoms with Crippen molar-refractivity contribution in [3.8, 4) is 0 Å². The molecule has 0 aromatic carbocycles. The SMILES string of the molecule is CCN(C1CCNC1)C(C)C(=O)NC(C)C. The molecule has 1 rings (SSSR count). The van der Waals surface area contributed by atoms with Gasteiger partial charge in [0.15, 0.2) is 0 Å². The van der Waals surface area contributed by atoms with Gasteiger partial charge in [-0.15, -0.1) is 0 Å². The second-order valence-corrected chi connectivity index (χ2v) is 4.82. The number of nitrogens with one attached hydrogen (secondary N) is 2. The van der Waals surface area contributed by atoms with Gasteiger partial charge in [0.05, 0.1) is 6.04 Å². The molecule has 0 spiro atoms. The van der Waals surface area contributed by atoms with Crippen molar-refractivity contribution in [2.45, 2.75) is 52.2 Å². The van der Waals surface area contributed by atoms with Gasteiger partial charge in [-0.05, 0) is 40.3 Å². The molecule has 2 unspecified atom stereocenters. The van der Waals surface area contributed by atoms with Gasteiger partial charge in [0.1, 0.15) is 0 Å². The van der Waals surface area contributed by atoms with Crippen LogP contribution < -0.4 is 10.6 Å². The third-order valence-electron chi connectivity index (χ3n) is 3.18. The van der Waals surface area contributed by atoms with Crippen molar-refractivity contribution in [3.05, 3.63) is 0 Å². The summed E-state index contributed by atoms with van der Waals surface area (Å²) in [5, 5.41) is 6.33. The highest BCUT2D eigenvalue weighted by molar-refractivity contribution is 5.81. The number of hydrogen-bond donors (Lipinski definition) is 2. The second kappa shape index (κ2) is 6.21. The molecule has 0 aliphatic carbocycles. The van der Waals surface area contributed by atoms with Gasteiger partial charge in [0.25, 0.3) is 0 Å².